The third-order valence-corrected chi connectivity index (χ3v) is 2.64. The van der Waals surface area contributed by atoms with E-state index in [4.69, 9.17) is 5.73 Å². The summed E-state index contributed by atoms with van der Waals surface area (Å²) in [6, 6.07) is 3.17. The van der Waals surface area contributed by atoms with Gasteiger partial charge in [0.2, 0.25) is 5.78 Å². The minimum absolute atomic E-state index is 0.369. The largest absolute Gasteiger partial charge is 0.391 e. The zero-order chi connectivity index (χ0) is 15.5. The molecule has 3 N–H and O–H groups in total. The zero-order valence-corrected chi connectivity index (χ0v) is 11.0. The fraction of sp³-hybridized carbons (Fsp3) is 0.385. The van der Waals surface area contributed by atoms with E-state index in [-0.39, 0.29) is 0 Å². The Morgan fingerprint density at radius 1 is 1.30 bits per heavy atom. The zero-order valence-electron chi connectivity index (χ0n) is 11.0. The van der Waals surface area contributed by atoms with Gasteiger partial charge >= 0.3 is 6.18 Å². The van der Waals surface area contributed by atoms with Crippen LogP contribution in [0.5, 0.6) is 0 Å². The van der Waals surface area contributed by atoms with Crippen LogP contribution >= 0.6 is 0 Å². The summed E-state index contributed by atoms with van der Waals surface area (Å²) in [6.07, 6.45) is -6.11. The predicted octanol–water partition coefficient (Wildman–Crippen LogP) is 2.09. The molecule has 0 aromatic heterocycles. The second kappa shape index (κ2) is 6.04. The monoisotopic (exact) mass is 288 g/mol. The number of nitrogens with one attached hydrogen (secondary N) is 1. The van der Waals surface area contributed by atoms with E-state index in [1.807, 2.05) is 6.92 Å². The molecule has 1 aromatic rings. The van der Waals surface area contributed by atoms with Crippen molar-refractivity contribution < 1.29 is 22.8 Å². The first-order valence-corrected chi connectivity index (χ1v) is 5.85. The Labute approximate surface area is 114 Å². The lowest BCUT2D eigenvalue weighted by Gasteiger charge is -2.13. The number of benzene rings is 1. The fourth-order valence-electron chi connectivity index (χ4n) is 1.65. The third kappa shape index (κ3) is 4.65. The second-order valence-corrected chi connectivity index (χ2v) is 4.56. The molecule has 20 heavy (non-hydrogen) atoms. The van der Waals surface area contributed by atoms with E-state index < -0.39 is 30.3 Å². The smallest absolute Gasteiger partial charge is 0.321 e. The van der Waals surface area contributed by atoms with E-state index in [2.05, 4.69) is 5.32 Å². The van der Waals surface area contributed by atoms with Gasteiger partial charge in [0, 0.05) is 5.69 Å². The van der Waals surface area contributed by atoms with Crippen molar-refractivity contribution in [2.24, 2.45) is 5.73 Å². The Balaban J connectivity index is 2.73. The summed E-state index contributed by atoms with van der Waals surface area (Å²) >= 11 is 0. The van der Waals surface area contributed by atoms with Gasteiger partial charge in [-0.2, -0.15) is 13.2 Å². The van der Waals surface area contributed by atoms with E-state index in [9.17, 15) is 22.8 Å². The van der Waals surface area contributed by atoms with Crippen LogP contribution in [-0.2, 0) is 9.59 Å². The molecule has 0 aliphatic carbocycles. The molecular weight excluding hydrogens is 273 g/mol. The van der Waals surface area contributed by atoms with Gasteiger partial charge in [0.25, 0.3) is 5.91 Å². The molecule has 0 bridgehead atoms. The normalized spacial score (nSPS) is 12.9. The summed E-state index contributed by atoms with van der Waals surface area (Å²) in [4.78, 5) is 23.0. The van der Waals surface area contributed by atoms with Crippen LogP contribution in [0, 0.1) is 13.8 Å². The molecule has 1 aromatic carbocycles. The summed E-state index contributed by atoms with van der Waals surface area (Å²) < 4.78 is 36.3. The highest BCUT2D eigenvalue weighted by molar-refractivity contribution is 6.42. The molecule has 0 saturated heterocycles. The topological polar surface area (TPSA) is 72.2 Å². The molecule has 0 radical (unpaired) electrons. The van der Waals surface area contributed by atoms with Crippen LogP contribution in [0.25, 0.3) is 0 Å². The summed E-state index contributed by atoms with van der Waals surface area (Å²) in [5.41, 5.74) is 7.12. The molecule has 0 heterocycles. The maximum Gasteiger partial charge on any atom is 0.391 e. The number of hydrogen-bond donors (Lipinski definition) is 2. The number of anilines is 1. The summed E-state index contributed by atoms with van der Waals surface area (Å²) in [6.45, 7) is 3.56. The van der Waals surface area contributed by atoms with Gasteiger partial charge < -0.3 is 11.1 Å². The van der Waals surface area contributed by atoms with E-state index >= 15 is 0 Å². The maximum atomic E-state index is 12.1. The minimum atomic E-state index is -4.59. The lowest BCUT2D eigenvalue weighted by molar-refractivity contribution is -0.149. The molecule has 0 spiro atoms. The average Bonchev–Trinajstić information content (AvgIpc) is 2.29. The SMILES string of the molecule is Cc1ccc(NC(=O)C(=O)C(N)CC(F)(F)F)c(C)c1. The number of rotatable bonds is 4. The Kier molecular flexibility index (Phi) is 4.88. The third-order valence-electron chi connectivity index (χ3n) is 2.64. The molecule has 0 aliphatic heterocycles. The first-order valence-electron chi connectivity index (χ1n) is 5.85. The van der Waals surface area contributed by atoms with E-state index in [0.717, 1.165) is 5.56 Å². The van der Waals surface area contributed by atoms with E-state index in [1.165, 1.54) is 0 Å². The number of Topliss-reactive ketones (excluding diaryl/α,β-unsaturated/α-hetero) is 1. The maximum absolute atomic E-state index is 12.1. The van der Waals surface area contributed by atoms with Gasteiger partial charge in [-0.15, -0.1) is 0 Å². The molecule has 1 rings (SSSR count). The highest BCUT2D eigenvalue weighted by atomic mass is 19.4. The number of alkyl halides is 3. The van der Waals surface area contributed by atoms with Crippen LogP contribution in [0.1, 0.15) is 17.5 Å². The highest BCUT2D eigenvalue weighted by Crippen LogP contribution is 2.21. The first kappa shape index (κ1) is 16.2. The second-order valence-electron chi connectivity index (χ2n) is 4.56. The van der Waals surface area contributed by atoms with Crippen LogP contribution in [0.4, 0.5) is 18.9 Å². The fourth-order valence-corrected chi connectivity index (χ4v) is 1.65. The number of carbonyl (C=O) groups excluding carboxylic acids is 2. The van der Waals surface area contributed by atoms with Gasteiger partial charge in [-0.25, -0.2) is 0 Å². The summed E-state index contributed by atoms with van der Waals surface area (Å²) in [5.74, 6) is -2.43. The molecule has 1 unspecified atom stereocenters. The van der Waals surface area contributed by atoms with Crippen LogP contribution in [0.15, 0.2) is 18.2 Å². The molecule has 7 heteroatoms. The molecule has 1 amide bonds. The number of halogens is 3. The Morgan fingerprint density at radius 3 is 2.40 bits per heavy atom. The van der Waals surface area contributed by atoms with Crippen molar-refractivity contribution in [2.45, 2.75) is 32.5 Å². The molecule has 0 saturated carbocycles. The first-order chi connectivity index (χ1) is 9.10. The quantitative estimate of drug-likeness (QED) is 0.833. The lowest BCUT2D eigenvalue weighted by atomic mass is 10.1. The highest BCUT2D eigenvalue weighted by Gasteiger charge is 2.35. The van der Waals surface area contributed by atoms with Crippen LogP contribution in [0.3, 0.4) is 0 Å². The minimum Gasteiger partial charge on any atom is -0.321 e. The van der Waals surface area contributed by atoms with Gasteiger partial charge in [-0.1, -0.05) is 17.7 Å². The summed E-state index contributed by atoms with van der Waals surface area (Å²) in [7, 11) is 0. The molecule has 4 nitrogen and oxygen atoms in total. The number of aryl methyl sites for hydroxylation is 2. The predicted molar refractivity (Wildman–Crippen MR) is 68.2 cm³/mol. The number of hydrogen-bond acceptors (Lipinski definition) is 3. The molecule has 0 fully saturated rings. The van der Waals surface area contributed by atoms with Gasteiger partial charge in [0.05, 0.1) is 12.5 Å². The van der Waals surface area contributed by atoms with Crippen molar-refractivity contribution in [2.75, 3.05) is 5.32 Å². The van der Waals surface area contributed by atoms with Crippen molar-refractivity contribution in [1.82, 2.24) is 0 Å². The van der Waals surface area contributed by atoms with Gasteiger partial charge in [-0.3, -0.25) is 9.59 Å². The van der Waals surface area contributed by atoms with Crippen molar-refractivity contribution in [3.8, 4) is 0 Å². The van der Waals surface area contributed by atoms with Crippen molar-refractivity contribution in [3.63, 3.8) is 0 Å². The molecule has 1 atom stereocenters. The Hall–Kier alpha value is -1.89. The number of nitrogens with two attached hydrogens (primary N) is 1. The summed E-state index contributed by atoms with van der Waals surface area (Å²) in [5, 5.41) is 2.27. The average molecular weight is 288 g/mol. The Morgan fingerprint density at radius 2 is 1.90 bits per heavy atom. The van der Waals surface area contributed by atoms with Gasteiger partial charge in [0.1, 0.15) is 0 Å². The number of ketones is 1. The van der Waals surface area contributed by atoms with Crippen LogP contribution in [0.2, 0.25) is 0 Å². The van der Waals surface area contributed by atoms with Crippen molar-refractivity contribution >= 4 is 17.4 Å². The van der Waals surface area contributed by atoms with E-state index in [1.54, 1.807) is 25.1 Å². The van der Waals surface area contributed by atoms with Crippen LogP contribution in [-0.4, -0.2) is 23.9 Å². The van der Waals surface area contributed by atoms with Gasteiger partial charge in [-0.05, 0) is 25.5 Å². The standard InChI is InChI=1S/C13H15F3N2O2/c1-7-3-4-10(8(2)5-7)18-12(20)11(19)9(17)6-13(14,15)16/h3-5,9H,6,17H2,1-2H3,(H,18,20). The van der Waals surface area contributed by atoms with Gasteiger partial charge in [0.15, 0.2) is 0 Å². The molecule has 110 valence electrons. The van der Waals surface area contributed by atoms with Crippen LogP contribution < -0.4 is 11.1 Å². The van der Waals surface area contributed by atoms with E-state index in [0.29, 0.717) is 11.3 Å². The lowest BCUT2D eigenvalue weighted by Crippen LogP contribution is -2.42. The molecular formula is C13H15F3N2O2. The van der Waals surface area contributed by atoms with Crippen molar-refractivity contribution in [1.29, 1.82) is 0 Å². The number of carbonyl (C=O) groups is 2. The number of amides is 1. The Bertz CT molecular complexity index is 527. The van der Waals surface area contributed by atoms with Crippen molar-refractivity contribution in [3.05, 3.63) is 29.3 Å². The molecule has 0 aliphatic rings.